The second kappa shape index (κ2) is 13.0. The average molecular weight is 678 g/mol. The van der Waals surface area contributed by atoms with Gasteiger partial charge in [-0.05, 0) is 110 Å². The summed E-state index contributed by atoms with van der Waals surface area (Å²) in [6.07, 6.45) is 2.02. The Morgan fingerprint density at radius 1 is 0.358 bits per heavy atom. The standard InChI is InChI=1S/C52H39N/c1-5-17-38(18-6-1)43(39-19-7-2-8-20-39)32-29-37-30-33-46-44-25-13-15-27-48(44)52(50(46)35-37)49-28-16-14-26-45(49)47-34-31-42(36-51(47)52)53(40-21-9-3-10-22-40)41-23-11-4-12-24-41/h1-28,30-31,33-36,43H,29,32H2. The zero-order valence-corrected chi connectivity index (χ0v) is 29.6. The second-order valence-electron chi connectivity index (χ2n) is 14.4. The maximum absolute atomic E-state index is 2.55. The number of fused-ring (bicyclic) bond motifs is 10. The van der Waals surface area contributed by atoms with E-state index in [1.807, 2.05) is 0 Å². The van der Waals surface area contributed by atoms with Crippen molar-refractivity contribution >= 4 is 17.1 Å². The van der Waals surface area contributed by atoms with E-state index in [2.05, 4.69) is 211 Å². The molecule has 8 aromatic rings. The minimum absolute atomic E-state index is 0.328. The van der Waals surface area contributed by atoms with Gasteiger partial charge in [-0.25, -0.2) is 0 Å². The summed E-state index contributed by atoms with van der Waals surface area (Å²) < 4.78 is 0. The Morgan fingerprint density at radius 2 is 0.792 bits per heavy atom. The summed E-state index contributed by atoms with van der Waals surface area (Å²) in [4.78, 5) is 2.39. The van der Waals surface area contributed by atoms with Crippen molar-refractivity contribution in [2.45, 2.75) is 24.2 Å². The highest BCUT2D eigenvalue weighted by molar-refractivity contribution is 5.96. The first-order valence-corrected chi connectivity index (χ1v) is 18.8. The topological polar surface area (TPSA) is 3.24 Å². The van der Waals surface area contributed by atoms with Crippen LogP contribution in [0, 0.1) is 0 Å². The van der Waals surface area contributed by atoms with Crippen molar-refractivity contribution < 1.29 is 0 Å². The van der Waals surface area contributed by atoms with Crippen molar-refractivity contribution in [3.63, 3.8) is 0 Å². The van der Waals surface area contributed by atoms with Gasteiger partial charge in [0.2, 0.25) is 0 Å². The minimum Gasteiger partial charge on any atom is -0.310 e. The van der Waals surface area contributed by atoms with Crippen LogP contribution in [0.4, 0.5) is 17.1 Å². The molecule has 0 N–H and O–H groups in total. The van der Waals surface area contributed by atoms with Gasteiger partial charge in [0, 0.05) is 23.0 Å². The largest absolute Gasteiger partial charge is 0.310 e. The summed E-state index contributed by atoms with van der Waals surface area (Å²) >= 11 is 0. The minimum atomic E-state index is -0.429. The summed E-state index contributed by atoms with van der Waals surface area (Å²) in [5.41, 5.74) is 17.9. The van der Waals surface area contributed by atoms with Gasteiger partial charge < -0.3 is 4.90 Å². The van der Waals surface area contributed by atoms with Gasteiger partial charge in [0.25, 0.3) is 0 Å². The van der Waals surface area contributed by atoms with Gasteiger partial charge in [0.05, 0.1) is 5.41 Å². The van der Waals surface area contributed by atoms with Crippen molar-refractivity contribution in [3.05, 3.63) is 245 Å². The van der Waals surface area contributed by atoms with Gasteiger partial charge in [-0.2, -0.15) is 0 Å². The molecule has 0 saturated heterocycles. The van der Waals surface area contributed by atoms with Crippen LogP contribution in [0.15, 0.2) is 206 Å². The summed E-state index contributed by atoms with van der Waals surface area (Å²) in [7, 11) is 0. The zero-order valence-electron chi connectivity index (χ0n) is 29.6. The molecule has 2 aliphatic rings. The van der Waals surface area contributed by atoms with Gasteiger partial charge in [-0.15, -0.1) is 0 Å². The Labute approximate surface area is 312 Å². The van der Waals surface area contributed by atoms with Crippen LogP contribution in [0.2, 0.25) is 0 Å². The maximum Gasteiger partial charge on any atom is 0.0726 e. The van der Waals surface area contributed by atoms with Crippen molar-refractivity contribution in [2.24, 2.45) is 0 Å². The molecule has 0 bridgehead atoms. The fourth-order valence-corrected chi connectivity index (χ4v) is 9.28. The monoisotopic (exact) mass is 677 g/mol. The van der Waals surface area contributed by atoms with Crippen molar-refractivity contribution in [1.82, 2.24) is 0 Å². The first kappa shape index (κ1) is 31.3. The molecule has 8 aromatic carbocycles. The average Bonchev–Trinajstić information content (AvgIpc) is 3.69. The van der Waals surface area contributed by atoms with Crippen molar-refractivity contribution in [3.8, 4) is 22.3 Å². The second-order valence-corrected chi connectivity index (χ2v) is 14.4. The van der Waals surface area contributed by atoms with Crippen LogP contribution in [0.3, 0.4) is 0 Å². The van der Waals surface area contributed by atoms with E-state index in [0.717, 1.165) is 29.9 Å². The highest BCUT2D eigenvalue weighted by Gasteiger charge is 2.51. The summed E-state index contributed by atoms with van der Waals surface area (Å²) in [6.45, 7) is 0. The molecule has 2 aliphatic carbocycles. The van der Waals surface area contributed by atoms with Gasteiger partial charge >= 0.3 is 0 Å². The molecule has 0 radical (unpaired) electrons. The molecule has 0 saturated carbocycles. The zero-order chi connectivity index (χ0) is 35.2. The molecule has 10 rings (SSSR count). The van der Waals surface area contributed by atoms with Crippen LogP contribution in [-0.2, 0) is 11.8 Å². The number of anilines is 3. The van der Waals surface area contributed by atoms with Crippen LogP contribution in [-0.4, -0.2) is 0 Å². The lowest BCUT2D eigenvalue weighted by Gasteiger charge is -2.32. The van der Waals surface area contributed by atoms with Crippen LogP contribution in [0.5, 0.6) is 0 Å². The van der Waals surface area contributed by atoms with Crippen molar-refractivity contribution in [1.29, 1.82) is 0 Å². The van der Waals surface area contributed by atoms with E-state index in [9.17, 15) is 0 Å². The first-order chi connectivity index (χ1) is 26.3. The molecule has 1 heteroatoms. The van der Waals surface area contributed by atoms with E-state index in [0.29, 0.717) is 5.92 Å². The van der Waals surface area contributed by atoms with E-state index in [4.69, 9.17) is 0 Å². The van der Waals surface area contributed by atoms with E-state index in [1.54, 1.807) is 0 Å². The highest BCUT2D eigenvalue weighted by Crippen LogP contribution is 2.63. The van der Waals surface area contributed by atoms with Gasteiger partial charge in [-0.1, -0.05) is 170 Å². The van der Waals surface area contributed by atoms with Crippen LogP contribution >= 0.6 is 0 Å². The summed E-state index contributed by atoms with van der Waals surface area (Å²) in [5, 5.41) is 0. The number of aryl methyl sites for hydroxylation is 1. The summed E-state index contributed by atoms with van der Waals surface area (Å²) in [6, 6.07) is 76.3. The molecule has 0 aliphatic heterocycles. The van der Waals surface area contributed by atoms with Gasteiger partial charge in [0.1, 0.15) is 0 Å². The van der Waals surface area contributed by atoms with Crippen LogP contribution < -0.4 is 4.90 Å². The molecule has 0 fully saturated rings. The molecular formula is C52H39N. The fraction of sp³-hybridized carbons (Fsp3) is 0.0769. The number of hydrogen-bond donors (Lipinski definition) is 0. The predicted octanol–water partition coefficient (Wildman–Crippen LogP) is 13.3. The smallest absolute Gasteiger partial charge is 0.0726 e. The molecule has 1 atom stereocenters. The third-order valence-electron chi connectivity index (χ3n) is 11.6. The van der Waals surface area contributed by atoms with E-state index < -0.39 is 5.41 Å². The first-order valence-electron chi connectivity index (χ1n) is 18.8. The molecule has 1 unspecified atom stereocenters. The number of hydrogen-bond acceptors (Lipinski definition) is 1. The lowest BCUT2D eigenvalue weighted by atomic mass is 9.70. The van der Waals surface area contributed by atoms with Gasteiger partial charge in [-0.3, -0.25) is 0 Å². The Bertz CT molecular complexity index is 2470. The molecule has 1 spiro atoms. The quantitative estimate of drug-likeness (QED) is 0.155. The third kappa shape index (κ3) is 5.07. The number of para-hydroxylation sites is 2. The molecule has 0 aromatic heterocycles. The Balaban J connectivity index is 1.15. The SMILES string of the molecule is c1ccc(C(CCc2ccc3c(c2)C2(c4ccccc4-3)c3ccccc3-c3ccc(N(c4ccccc4)c4ccccc4)cc32)c2ccccc2)cc1. The molecular weight excluding hydrogens is 639 g/mol. The Hall–Kier alpha value is -6.44. The van der Waals surface area contributed by atoms with E-state index in [-0.39, 0.29) is 0 Å². The molecule has 1 nitrogen and oxygen atoms in total. The Kier molecular flexibility index (Phi) is 7.65. The van der Waals surface area contributed by atoms with Crippen molar-refractivity contribution in [2.75, 3.05) is 4.90 Å². The van der Waals surface area contributed by atoms with Crippen LogP contribution in [0.1, 0.15) is 51.3 Å². The molecule has 252 valence electrons. The fourth-order valence-electron chi connectivity index (χ4n) is 9.28. The van der Waals surface area contributed by atoms with E-state index in [1.165, 1.54) is 61.2 Å². The third-order valence-corrected chi connectivity index (χ3v) is 11.6. The maximum atomic E-state index is 2.55. The molecule has 0 amide bonds. The predicted molar refractivity (Wildman–Crippen MR) is 220 cm³/mol. The van der Waals surface area contributed by atoms with E-state index >= 15 is 0 Å². The summed E-state index contributed by atoms with van der Waals surface area (Å²) in [5.74, 6) is 0.328. The normalized spacial score (nSPS) is 14.8. The van der Waals surface area contributed by atoms with Gasteiger partial charge in [0.15, 0.2) is 0 Å². The molecule has 0 heterocycles. The van der Waals surface area contributed by atoms with Crippen LogP contribution in [0.25, 0.3) is 22.3 Å². The highest BCUT2D eigenvalue weighted by atomic mass is 15.1. The number of nitrogens with zero attached hydrogens (tertiary/aromatic N) is 1. The lowest BCUT2D eigenvalue weighted by Crippen LogP contribution is -2.26. The lowest BCUT2D eigenvalue weighted by molar-refractivity contribution is 0.712. The number of rotatable bonds is 8. The molecule has 53 heavy (non-hydrogen) atoms. The Morgan fingerprint density at radius 3 is 1.34 bits per heavy atom. The number of benzene rings is 8.